The summed E-state index contributed by atoms with van der Waals surface area (Å²) >= 11 is 0. The van der Waals surface area contributed by atoms with Gasteiger partial charge in [-0.05, 0) is 11.6 Å². The van der Waals surface area contributed by atoms with Crippen molar-refractivity contribution in [1.82, 2.24) is 39.3 Å². The fourth-order valence-corrected chi connectivity index (χ4v) is 4.19. The fraction of sp³-hybridized carbons (Fsp3) is 0.280. The maximum absolute atomic E-state index is 12.5. The Bertz CT molecular complexity index is 1420. The van der Waals surface area contributed by atoms with Gasteiger partial charge < -0.3 is 10.0 Å². The quantitative estimate of drug-likeness (QED) is 0.438. The van der Waals surface area contributed by atoms with Crippen LogP contribution in [0.25, 0.3) is 17.1 Å². The Labute approximate surface area is 207 Å². The van der Waals surface area contributed by atoms with Crippen LogP contribution in [0.2, 0.25) is 0 Å². The molecule has 36 heavy (non-hydrogen) atoms. The molecule has 4 aromatic rings. The van der Waals surface area contributed by atoms with Gasteiger partial charge in [-0.1, -0.05) is 18.2 Å². The summed E-state index contributed by atoms with van der Waals surface area (Å²) in [6, 6.07) is 9.31. The van der Waals surface area contributed by atoms with E-state index >= 15 is 0 Å². The second kappa shape index (κ2) is 10.1. The number of rotatable bonds is 6. The highest BCUT2D eigenvalue weighted by Crippen LogP contribution is 2.18. The first-order chi connectivity index (χ1) is 17.4. The molecule has 0 saturated carbocycles. The van der Waals surface area contributed by atoms with Crippen molar-refractivity contribution in [3.05, 3.63) is 88.4 Å². The molecule has 1 fully saturated rings. The van der Waals surface area contributed by atoms with Crippen molar-refractivity contribution >= 4 is 6.09 Å². The maximum Gasteiger partial charge on any atom is 0.407 e. The molecule has 1 amide bonds. The molecule has 1 aliphatic heterocycles. The Kier molecular flexibility index (Phi) is 6.54. The van der Waals surface area contributed by atoms with Crippen LogP contribution in [-0.2, 0) is 20.0 Å². The van der Waals surface area contributed by atoms with E-state index in [-0.39, 0.29) is 5.43 Å². The van der Waals surface area contributed by atoms with Crippen molar-refractivity contribution in [2.75, 3.05) is 26.2 Å². The van der Waals surface area contributed by atoms with Gasteiger partial charge >= 0.3 is 6.09 Å². The third kappa shape index (κ3) is 5.31. The highest BCUT2D eigenvalue weighted by atomic mass is 16.4. The molecular formula is C25H26N8O3. The van der Waals surface area contributed by atoms with E-state index in [0.717, 1.165) is 22.4 Å². The molecule has 3 aromatic heterocycles. The summed E-state index contributed by atoms with van der Waals surface area (Å²) in [5, 5.41) is 17.8. The van der Waals surface area contributed by atoms with Crippen LogP contribution in [0.1, 0.15) is 16.8 Å². The molecule has 1 N–H and O–H groups in total. The van der Waals surface area contributed by atoms with E-state index in [4.69, 9.17) is 5.11 Å². The standard InChI is InChI=1S/C25H26N8O3/c1-30-17-21(15-28-30)33-6-5-23(34)22(29-33)12-18-3-2-4-20(11-18)24-26-13-19(14-27-24)16-31-7-9-32(10-8-31)25(35)36/h2-6,11,13-15,17H,7-10,12,16H2,1H3,(H,35,36). The number of hydrogen-bond donors (Lipinski definition) is 1. The molecule has 1 aliphatic rings. The number of nitrogens with zero attached hydrogens (tertiary/aromatic N) is 8. The van der Waals surface area contributed by atoms with Gasteiger partial charge in [0.15, 0.2) is 5.82 Å². The molecule has 0 spiro atoms. The number of benzene rings is 1. The molecule has 11 nitrogen and oxygen atoms in total. The molecule has 5 rings (SSSR count). The van der Waals surface area contributed by atoms with Gasteiger partial charge in [-0.2, -0.15) is 10.2 Å². The summed E-state index contributed by atoms with van der Waals surface area (Å²) in [6.45, 7) is 3.06. The SMILES string of the molecule is Cn1cc(-n2ccc(=O)c(Cc3cccc(-c4ncc(CN5CCN(C(=O)O)CC5)cn4)c3)n2)cn1. The minimum absolute atomic E-state index is 0.120. The van der Waals surface area contributed by atoms with Crippen LogP contribution in [0.15, 0.2) is 66.1 Å². The van der Waals surface area contributed by atoms with Crippen LogP contribution >= 0.6 is 0 Å². The number of carbonyl (C=O) groups is 1. The lowest BCUT2D eigenvalue weighted by Gasteiger charge is -2.32. The van der Waals surface area contributed by atoms with Crippen LogP contribution in [0.5, 0.6) is 0 Å². The van der Waals surface area contributed by atoms with E-state index in [0.29, 0.717) is 50.7 Å². The Morgan fingerprint density at radius 2 is 1.81 bits per heavy atom. The first-order valence-electron chi connectivity index (χ1n) is 11.6. The minimum Gasteiger partial charge on any atom is -0.465 e. The van der Waals surface area contributed by atoms with Crippen molar-refractivity contribution < 1.29 is 9.90 Å². The van der Waals surface area contributed by atoms with Gasteiger partial charge in [0.25, 0.3) is 0 Å². The van der Waals surface area contributed by atoms with Crippen LogP contribution in [-0.4, -0.2) is 76.7 Å². The lowest BCUT2D eigenvalue weighted by molar-refractivity contribution is 0.103. The average Bonchev–Trinajstić information content (AvgIpc) is 3.32. The topological polar surface area (TPSA) is 122 Å². The molecule has 1 saturated heterocycles. The molecule has 4 heterocycles. The molecule has 184 valence electrons. The van der Waals surface area contributed by atoms with Gasteiger partial charge in [-0.25, -0.2) is 19.4 Å². The molecule has 0 unspecified atom stereocenters. The van der Waals surface area contributed by atoms with E-state index in [1.54, 1.807) is 21.8 Å². The highest BCUT2D eigenvalue weighted by molar-refractivity contribution is 5.65. The molecular weight excluding hydrogens is 460 g/mol. The third-order valence-corrected chi connectivity index (χ3v) is 6.15. The van der Waals surface area contributed by atoms with E-state index < -0.39 is 6.09 Å². The van der Waals surface area contributed by atoms with Gasteiger partial charge in [0.05, 0.1) is 12.4 Å². The number of hydrogen-bond acceptors (Lipinski definition) is 7. The monoisotopic (exact) mass is 486 g/mol. The Hall–Kier alpha value is -4.38. The summed E-state index contributed by atoms with van der Waals surface area (Å²) in [4.78, 5) is 36.3. The first kappa shape index (κ1) is 23.4. The first-order valence-corrected chi connectivity index (χ1v) is 11.6. The van der Waals surface area contributed by atoms with E-state index in [2.05, 4.69) is 25.1 Å². The molecule has 1 aromatic carbocycles. The van der Waals surface area contributed by atoms with Crippen LogP contribution in [0.4, 0.5) is 4.79 Å². The molecule has 0 radical (unpaired) electrons. The summed E-state index contributed by atoms with van der Waals surface area (Å²) in [6.07, 6.45) is 8.30. The van der Waals surface area contributed by atoms with Gasteiger partial charge in [0.1, 0.15) is 11.4 Å². The van der Waals surface area contributed by atoms with Crippen LogP contribution < -0.4 is 5.43 Å². The highest BCUT2D eigenvalue weighted by Gasteiger charge is 2.20. The second-order valence-corrected chi connectivity index (χ2v) is 8.78. The predicted octanol–water partition coefficient (Wildman–Crippen LogP) is 1.81. The Balaban J connectivity index is 1.27. The van der Waals surface area contributed by atoms with Crippen molar-refractivity contribution in [1.29, 1.82) is 0 Å². The van der Waals surface area contributed by atoms with Gasteiger partial charge in [0.2, 0.25) is 5.43 Å². The molecule has 0 bridgehead atoms. The van der Waals surface area contributed by atoms with E-state index in [1.807, 2.05) is 49.9 Å². The summed E-state index contributed by atoms with van der Waals surface area (Å²) in [7, 11) is 1.83. The lowest BCUT2D eigenvalue weighted by atomic mass is 10.1. The van der Waals surface area contributed by atoms with Crippen LogP contribution in [0, 0.1) is 0 Å². The van der Waals surface area contributed by atoms with Crippen molar-refractivity contribution in [2.45, 2.75) is 13.0 Å². The zero-order valence-corrected chi connectivity index (χ0v) is 19.9. The third-order valence-electron chi connectivity index (χ3n) is 6.15. The lowest BCUT2D eigenvalue weighted by Crippen LogP contribution is -2.47. The second-order valence-electron chi connectivity index (χ2n) is 8.78. The predicted molar refractivity (Wildman–Crippen MR) is 132 cm³/mol. The van der Waals surface area contributed by atoms with E-state index in [9.17, 15) is 9.59 Å². The van der Waals surface area contributed by atoms with Crippen molar-refractivity contribution in [3.8, 4) is 17.1 Å². The number of carboxylic acid groups (broad SMARTS) is 1. The maximum atomic E-state index is 12.5. The average molecular weight is 487 g/mol. The van der Waals surface area contributed by atoms with Gasteiger partial charge in [-0.15, -0.1) is 0 Å². The largest absolute Gasteiger partial charge is 0.465 e. The fourth-order valence-electron chi connectivity index (χ4n) is 4.19. The summed E-state index contributed by atoms with van der Waals surface area (Å²) < 4.78 is 3.33. The normalized spacial score (nSPS) is 14.2. The molecule has 0 atom stereocenters. The minimum atomic E-state index is -0.869. The summed E-state index contributed by atoms with van der Waals surface area (Å²) in [5.41, 5.74) is 3.87. The smallest absolute Gasteiger partial charge is 0.407 e. The Morgan fingerprint density at radius 3 is 2.50 bits per heavy atom. The Morgan fingerprint density at radius 1 is 1.03 bits per heavy atom. The number of piperazine rings is 1. The molecule has 0 aliphatic carbocycles. The van der Waals surface area contributed by atoms with Gasteiger partial charge in [0, 0.05) is 82.0 Å². The molecule has 11 heteroatoms. The van der Waals surface area contributed by atoms with Crippen molar-refractivity contribution in [2.24, 2.45) is 7.05 Å². The summed E-state index contributed by atoms with van der Waals surface area (Å²) in [5.74, 6) is 0.602. The zero-order chi connectivity index (χ0) is 25.1. The number of amides is 1. The van der Waals surface area contributed by atoms with Gasteiger partial charge in [-0.3, -0.25) is 14.4 Å². The van der Waals surface area contributed by atoms with E-state index in [1.165, 1.54) is 11.0 Å². The number of aromatic nitrogens is 6. The zero-order valence-electron chi connectivity index (χ0n) is 19.9. The van der Waals surface area contributed by atoms with Crippen molar-refractivity contribution in [3.63, 3.8) is 0 Å². The number of aryl methyl sites for hydroxylation is 1. The van der Waals surface area contributed by atoms with Crippen LogP contribution in [0.3, 0.4) is 0 Å².